The van der Waals surface area contributed by atoms with E-state index in [0.29, 0.717) is 0 Å². The van der Waals surface area contributed by atoms with Crippen molar-refractivity contribution >= 4 is 11.8 Å². The summed E-state index contributed by atoms with van der Waals surface area (Å²) in [5.41, 5.74) is 1.15. The molecule has 0 aliphatic rings. The number of benzene rings is 1. The maximum absolute atomic E-state index is 5.46. The van der Waals surface area contributed by atoms with Crippen molar-refractivity contribution in [2.24, 2.45) is 0 Å². The standard InChI is InChI=1S/C15H26N2O2S/c1-16-14(11-20-9-8-17(2)3)13-10-12(18-4)6-7-15(13)19-5/h6-7,10,14,16H,8-9,11H2,1-5H3. The van der Waals surface area contributed by atoms with Crippen LogP contribution in [-0.2, 0) is 0 Å². The third kappa shape index (κ3) is 5.23. The van der Waals surface area contributed by atoms with Gasteiger partial charge in [0.2, 0.25) is 0 Å². The van der Waals surface area contributed by atoms with Crippen LogP contribution in [0.4, 0.5) is 0 Å². The molecule has 1 N–H and O–H groups in total. The molecule has 1 rings (SSSR count). The largest absolute Gasteiger partial charge is 0.497 e. The predicted molar refractivity (Wildman–Crippen MR) is 87.2 cm³/mol. The SMILES string of the molecule is CNC(CSCCN(C)C)c1cc(OC)ccc1OC. The molecular weight excluding hydrogens is 272 g/mol. The first kappa shape index (κ1) is 17.1. The lowest BCUT2D eigenvalue weighted by Gasteiger charge is -2.20. The van der Waals surface area contributed by atoms with Crippen molar-refractivity contribution in [3.05, 3.63) is 23.8 Å². The fraction of sp³-hybridized carbons (Fsp3) is 0.600. The quantitative estimate of drug-likeness (QED) is 0.707. The molecule has 114 valence electrons. The molecule has 0 heterocycles. The summed E-state index contributed by atoms with van der Waals surface area (Å²) in [7, 11) is 9.57. The molecule has 0 radical (unpaired) electrons. The van der Waals surface area contributed by atoms with Crippen molar-refractivity contribution in [3.8, 4) is 11.5 Å². The Hall–Kier alpha value is -0.910. The second kappa shape index (κ2) is 9.10. The van der Waals surface area contributed by atoms with Gasteiger partial charge in [0.05, 0.1) is 14.2 Å². The van der Waals surface area contributed by atoms with Gasteiger partial charge < -0.3 is 19.7 Å². The number of ether oxygens (including phenoxy) is 2. The third-order valence-electron chi connectivity index (χ3n) is 3.13. The van der Waals surface area contributed by atoms with Crippen LogP contribution in [0.3, 0.4) is 0 Å². The fourth-order valence-corrected chi connectivity index (χ4v) is 3.13. The molecule has 1 aromatic carbocycles. The molecule has 1 unspecified atom stereocenters. The Bertz CT molecular complexity index is 399. The van der Waals surface area contributed by atoms with Crippen molar-refractivity contribution in [1.29, 1.82) is 0 Å². The first-order valence-electron chi connectivity index (χ1n) is 6.74. The zero-order valence-electron chi connectivity index (χ0n) is 13.1. The molecule has 0 fully saturated rings. The molecule has 0 aliphatic carbocycles. The average Bonchev–Trinajstić information content (AvgIpc) is 2.46. The Morgan fingerprint density at radius 2 is 2.00 bits per heavy atom. The Morgan fingerprint density at radius 1 is 1.25 bits per heavy atom. The molecule has 20 heavy (non-hydrogen) atoms. The van der Waals surface area contributed by atoms with E-state index in [1.807, 2.05) is 37.0 Å². The van der Waals surface area contributed by atoms with Gasteiger partial charge in [-0.25, -0.2) is 0 Å². The molecule has 0 bridgehead atoms. The van der Waals surface area contributed by atoms with E-state index in [4.69, 9.17) is 9.47 Å². The first-order valence-corrected chi connectivity index (χ1v) is 7.89. The number of hydrogen-bond donors (Lipinski definition) is 1. The average molecular weight is 298 g/mol. The highest BCUT2D eigenvalue weighted by atomic mass is 32.2. The topological polar surface area (TPSA) is 33.7 Å². The normalized spacial score (nSPS) is 12.5. The van der Waals surface area contributed by atoms with Gasteiger partial charge in [-0.1, -0.05) is 0 Å². The molecule has 0 aromatic heterocycles. The molecule has 4 nitrogen and oxygen atoms in total. The second-order valence-corrected chi connectivity index (χ2v) is 5.98. The number of rotatable bonds is 9. The van der Waals surface area contributed by atoms with Gasteiger partial charge in [-0.3, -0.25) is 0 Å². The molecule has 0 saturated heterocycles. The minimum atomic E-state index is 0.257. The van der Waals surface area contributed by atoms with Crippen molar-refractivity contribution in [3.63, 3.8) is 0 Å². The van der Waals surface area contributed by atoms with Gasteiger partial charge in [0.25, 0.3) is 0 Å². The highest BCUT2D eigenvalue weighted by Gasteiger charge is 2.15. The van der Waals surface area contributed by atoms with Crippen LogP contribution in [0.2, 0.25) is 0 Å². The fourth-order valence-electron chi connectivity index (χ4n) is 1.89. The van der Waals surface area contributed by atoms with Crippen molar-refractivity contribution in [2.75, 3.05) is 53.4 Å². The minimum Gasteiger partial charge on any atom is -0.497 e. The summed E-state index contributed by atoms with van der Waals surface area (Å²) < 4.78 is 10.8. The third-order valence-corrected chi connectivity index (χ3v) is 4.17. The van der Waals surface area contributed by atoms with E-state index < -0.39 is 0 Å². The van der Waals surface area contributed by atoms with E-state index in [2.05, 4.69) is 24.3 Å². The lowest BCUT2D eigenvalue weighted by atomic mass is 10.1. The highest BCUT2D eigenvalue weighted by molar-refractivity contribution is 7.99. The molecule has 0 saturated carbocycles. The second-order valence-electron chi connectivity index (χ2n) is 4.83. The minimum absolute atomic E-state index is 0.257. The summed E-state index contributed by atoms with van der Waals surface area (Å²) in [6.45, 7) is 1.09. The zero-order valence-corrected chi connectivity index (χ0v) is 13.9. The van der Waals surface area contributed by atoms with Crippen LogP contribution in [-0.4, -0.2) is 58.3 Å². The number of nitrogens with one attached hydrogen (secondary N) is 1. The van der Waals surface area contributed by atoms with Gasteiger partial charge in [-0.15, -0.1) is 0 Å². The van der Waals surface area contributed by atoms with E-state index >= 15 is 0 Å². The molecule has 0 aliphatic heterocycles. The van der Waals surface area contributed by atoms with E-state index in [1.54, 1.807) is 14.2 Å². The molecule has 1 atom stereocenters. The maximum Gasteiger partial charge on any atom is 0.123 e. The Morgan fingerprint density at radius 3 is 2.55 bits per heavy atom. The van der Waals surface area contributed by atoms with Crippen molar-refractivity contribution in [1.82, 2.24) is 10.2 Å². The van der Waals surface area contributed by atoms with Gasteiger partial charge in [-0.2, -0.15) is 11.8 Å². The van der Waals surface area contributed by atoms with Crippen LogP contribution < -0.4 is 14.8 Å². The van der Waals surface area contributed by atoms with Gasteiger partial charge >= 0.3 is 0 Å². The van der Waals surface area contributed by atoms with E-state index in [0.717, 1.165) is 35.1 Å². The molecule has 5 heteroatoms. The van der Waals surface area contributed by atoms with Gasteiger partial charge in [0, 0.05) is 29.7 Å². The Kier molecular flexibility index (Phi) is 7.80. The van der Waals surface area contributed by atoms with E-state index in [-0.39, 0.29) is 6.04 Å². The van der Waals surface area contributed by atoms with Crippen molar-refractivity contribution < 1.29 is 9.47 Å². The smallest absolute Gasteiger partial charge is 0.123 e. The maximum atomic E-state index is 5.46. The Balaban J connectivity index is 2.72. The number of nitrogens with zero attached hydrogens (tertiary/aromatic N) is 1. The lowest BCUT2D eigenvalue weighted by molar-refractivity contribution is 0.394. The molecule has 0 spiro atoms. The van der Waals surface area contributed by atoms with E-state index in [1.165, 1.54) is 0 Å². The van der Waals surface area contributed by atoms with Crippen LogP contribution in [0.25, 0.3) is 0 Å². The molecule has 0 amide bonds. The van der Waals surface area contributed by atoms with Crippen molar-refractivity contribution in [2.45, 2.75) is 6.04 Å². The monoisotopic (exact) mass is 298 g/mol. The van der Waals surface area contributed by atoms with E-state index in [9.17, 15) is 0 Å². The highest BCUT2D eigenvalue weighted by Crippen LogP contribution is 2.31. The van der Waals surface area contributed by atoms with Crippen LogP contribution >= 0.6 is 11.8 Å². The zero-order chi connectivity index (χ0) is 15.0. The summed E-state index contributed by atoms with van der Waals surface area (Å²) >= 11 is 1.94. The van der Waals surface area contributed by atoms with Gasteiger partial charge in [0.15, 0.2) is 0 Å². The molecular formula is C15H26N2O2S. The summed E-state index contributed by atoms with van der Waals surface area (Å²) in [4.78, 5) is 2.20. The summed E-state index contributed by atoms with van der Waals surface area (Å²) in [5, 5.41) is 3.36. The first-order chi connectivity index (χ1) is 9.62. The van der Waals surface area contributed by atoms with Gasteiger partial charge in [0.1, 0.15) is 11.5 Å². The Labute approximate surface area is 126 Å². The number of hydrogen-bond acceptors (Lipinski definition) is 5. The predicted octanol–water partition coefficient (Wildman–Crippen LogP) is 2.26. The number of thioether (sulfide) groups is 1. The van der Waals surface area contributed by atoms with Crippen LogP contribution in [0, 0.1) is 0 Å². The van der Waals surface area contributed by atoms with Gasteiger partial charge in [-0.05, 0) is 39.3 Å². The van der Waals surface area contributed by atoms with Crippen LogP contribution in [0.1, 0.15) is 11.6 Å². The number of methoxy groups -OCH3 is 2. The summed E-state index contributed by atoms with van der Waals surface area (Å²) in [5.74, 6) is 3.89. The summed E-state index contributed by atoms with van der Waals surface area (Å²) in [6, 6.07) is 6.19. The van der Waals surface area contributed by atoms with Crippen LogP contribution in [0.5, 0.6) is 11.5 Å². The van der Waals surface area contributed by atoms with Crippen LogP contribution in [0.15, 0.2) is 18.2 Å². The summed E-state index contributed by atoms with van der Waals surface area (Å²) in [6.07, 6.45) is 0. The lowest BCUT2D eigenvalue weighted by Crippen LogP contribution is -2.21. The molecule has 1 aromatic rings.